The van der Waals surface area contributed by atoms with E-state index >= 15 is 0 Å². The summed E-state index contributed by atoms with van der Waals surface area (Å²) in [4.78, 5) is 54.8. The molecule has 10 nitrogen and oxygen atoms in total. The van der Waals surface area contributed by atoms with Gasteiger partial charge >= 0.3 is 23.9 Å². The molecule has 0 aromatic rings. The predicted molar refractivity (Wildman–Crippen MR) is 238 cm³/mol. The Morgan fingerprint density at radius 2 is 0.881 bits per heavy atom. The summed E-state index contributed by atoms with van der Waals surface area (Å²) in [7, 11) is 1.52. The minimum absolute atomic E-state index is 0.0634. The van der Waals surface area contributed by atoms with E-state index < -0.39 is 35.0 Å². The van der Waals surface area contributed by atoms with Crippen molar-refractivity contribution < 1.29 is 42.9 Å². The highest BCUT2D eigenvalue weighted by atomic mass is 16.6. The maximum atomic E-state index is 12.9. The number of rotatable bonds is 42. The molecule has 0 bridgehead atoms. The number of methoxy groups -OCH3 is 1. The molecule has 0 N–H and O–H groups in total. The van der Waals surface area contributed by atoms with Gasteiger partial charge in [-0.15, -0.1) is 0 Å². The van der Waals surface area contributed by atoms with Crippen molar-refractivity contribution >= 4 is 23.9 Å². The van der Waals surface area contributed by atoms with Gasteiger partial charge in [0.2, 0.25) is 5.54 Å². The molecular weight excluding hydrogens is 747 g/mol. The smallest absolute Gasteiger partial charge is 0.311 e. The topological polar surface area (TPSA) is 119 Å². The predicted octanol–water partition coefficient (Wildman–Crippen LogP) is 13.0. The summed E-state index contributed by atoms with van der Waals surface area (Å²) in [6.45, 7) is 17.4. The van der Waals surface area contributed by atoms with Gasteiger partial charge in [0.05, 0.1) is 18.4 Å². The molecular formula is C49H89NO9. The summed E-state index contributed by atoms with van der Waals surface area (Å²) in [6.07, 6.45) is 31.5. The highest BCUT2D eigenvalue weighted by Crippen LogP contribution is 2.35. The Balaban J connectivity index is 4.80. The zero-order chi connectivity index (χ0) is 43.9. The Morgan fingerprint density at radius 3 is 1.27 bits per heavy atom. The SMILES string of the molecule is [C-]#[N+]C(C)(CCC(=O)OC[C@@H](COC(=O)CCCCCCCCCCCCCCC)OC(=O)CCCCCCCCCCCCCCC)CC(C)(C)C(=O)OCCOC. The van der Waals surface area contributed by atoms with E-state index in [1.807, 2.05) is 0 Å². The maximum Gasteiger partial charge on any atom is 0.311 e. The van der Waals surface area contributed by atoms with Crippen LogP contribution in [0.15, 0.2) is 0 Å². The number of carbonyl (C=O) groups is 4. The molecule has 2 atom stereocenters. The van der Waals surface area contributed by atoms with E-state index in [0.717, 1.165) is 32.1 Å². The fourth-order valence-electron chi connectivity index (χ4n) is 7.44. The van der Waals surface area contributed by atoms with Gasteiger partial charge < -0.3 is 28.5 Å². The minimum Gasteiger partial charge on any atom is -0.463 e. The van der Waals surface area contributed by atoms with Crippen molar-refractivity contribution in [2.75, 3.05) is 33.5 Å². The van der Waals surface area contributed by atoms with Crippen LogP contribution in [0.5, 0.6) is 0 Å². The Kier molecular flexibility index (Phi) is 36.5. The van der Waals surface area contributed by atoms with Gasteiger partial charge in [-0.1, -0.05) is 168 Å². The molecule has 344 valence electrons. The summed E-state index contributed by atoms with van der Waals surface area (Å²) >= 11 is 0. The first-order valence-corrected chi connectivity index (χ1v) is 24.0. The lowest BCUT2D eigenvalue weighted by molar-refractivity contribution is -0.167. The minimum atomic E-state index is -1.01. The van der Waals surface area contributed by atoms with Crippen LogP contribution in [-0.4, -0.2) is 69.1 Å². The summed E-state index contributed by atoms with van der Waals surface area (Å²) in [5, 5.41) is 0. The standard InChI is InChI=1S/C49H89NO9/c1-8-10-12-14-16-18-20-22-24-26-28-30-32-34-44(51)57-40-43(59-46(53)35-33-31-29-27-25-23-21-19-17-15-13-11-9-2)41-58-45(52)36-37-49(5,50-6)42-48(3,4)47(54)56-39-38-55-7/h43H,8-42H2,1-5,7H3/t43-,49?/m1/s1. The second-order valence-electron chi connectivity index (χ2n) is 17.8. The first-order valence-electron chi connectivity index (χ1n) is 24.0. The van der Waals surface area contributed by atoms with E-state index in [1.54, 1.807) is 20.8 Å². The van der Waals surface area contributed by atoms with Crippen LogP contribution < -0.4 is 0 Å². The van der Waals surface area contributed by atoms with Crippen molar-refractivity contribution in [1.29, 1.82) is 0 Å². The second-order valence-corrected chi connectivity index (χ2v) is 17.8. The highest BCUT2D eigenvalue weighted by Gasteiger charge is 2.43. The first kappa shape index (κ1) is 56.3. The molecule has 59 heavy (non-hydrogen) atoms. The van der Waals surface area contributed by atoms with E-state index in [0.29, 0.717) is 12.8 Å². The first-order chi connectivity index (χ1) is 28.4. The molecule has 10 heteroatoms. The lowest BCUT2D eigenvalue weighted by Gasteiger charge is -2.28. The van der Waals surface area contributed by atoms with Crippen LogP contribution in [0, 0.1) is 12.0 Å². The van der Waals surface area contributed by atoms with Gasteiger partial charge in [0.15, 0.2) is 6.10 Å². The third-order valence-electron chi connectivity index (χ3n) is 11.2. The molecule has 0 saturated carbocycles. The third-order valence-corrected chi connectivity index (χ3v) is 11.2. The Hall–Kier alpha value is -2.67. The zero-order valence-corrected chi connectivity index (χ0v) is 38.9. The van der Waals surface area contributed by atoms with Crippen LogP contribution in [0.2, 0.25) is 0 Å². The molecule has 0 aromatic heterocycles. The van der Waals surface area contributed by atoms with Gasteiger partial charge in [0.25, 0.3) is 0 Å². The molecule has 1 unspecified atom stereocenters. The fourth-order valence-corrected chi connectivity index (χ4v) is 7.44. The highest BCUT2D eigenvalue weighted by molar-refractivity contribution is 5.76. The van der Waals surface area contributed by atoms with E-state index in [-0.39, 0.29) is 58.1 Å². The van der Waals surface area contributed by atoms with Gasteiger partial charge in [-0.3, -0.25) is 19.2 Å². The quantitative estimate of drug-likeness (QED) is 0.0256. The molecule has 0 spiro atoms. The van der Waals surface area contributed by atoms with Crippen molar-refractivity contribution in [2.24, 2.45) is 5.41 Å². The number of nitrogens with zero attached hydrogens (tertiary/aromatic N) is 1. The Labute approximate surface area is 361 Å². The van der Waals surface area contributed by atoms with Crippen LogP contribution >= 0.6 is 0 Å². The molecule has 0 amide bonds. The number of ether oxygens (including phenoxy) is 5. The van der Waals surface area contributed by atoms with Crippen LogP contribution in [0.3, 0.4) is 0 Å². The molecule has 0 aliphatic carbocycles. The number of hydrogen-bond acceptors (Lipinski definition) is 9. The summed E-state index contributed by atoms with van der Waals surface area (Å²) in [5.74, 6) is -1.75. The van der Waals surface area contributed by atoms with Crippen molar-refractivity contribution in [2.45, 2.75) is 245 Å². The zero-order valence-electron chi connectivity index (χ0n) is 38.9. The lowest BCUT2D eigenvalue weighted by Crippen LogP contribution is -2.36. The molecule has 0 radical (unpaired) electrons. The molecule has 0 aliphatic heterocycles. The third kappa shape index (κ3) is 34.7. The Bertz CT molecular complexity index is 1100. The molecule has 0 fully saturated rings. The molecule has 0 aromatic carbocycles. The fraction of sp³-hybridized carbons (Fsp3) is 0.898. The van der Waals surface area contributed by atoms with Gasteiger partial charge in [-0.2, -0.15) is 0 Å². The summed E-state index contributed by atoms with van der Waals surface area (Å²) in [5.41, 5.74) is -1.95. The maximum absolute atomic E-state index is 12.9. The average Bonchev–Trinajstić information content (AvgIpc) is 3.21. The van der Waals surface area contributed by atoms with E-state index in [2.05, 4.69) is 18.7 Å². The van der Waals surface area contributed by atoms with Crippen molar-refractivity contribution in [3.05, 3.63) is 11.4 Å². The van der Waals surface area contributed by atoms with Crippen LogP contribution in [0.25, 0.3) is 4.85 Å². The summed E-state index contributed by atoms with van der Waals surface area (Å²) < 4.78 is 26.9. The van der Waals surface area contributed by atoms with E-state index in [9.17, 15) is 19.2 Å². The van der Waals surface area contributed by atoms with E-state index in [1.165, 1.54) is 136 Å². The van der Waals surface area contributed by atoms with Crippen molar-refractivity contribution in [1.82, 2.24) is 0 Å². The van der Waals surface area contributed by atoms with Crippen molar-refractivity contribution in [3.8, 4) is 0 Å². The lowest BCUT2D eigenvalue weighted by atomic mass is 9.77. The van der Waals surface area contributed by atoms with Gasteiger partial charge in [-0.25, -0.2) is 6.57 Å². The number of hydrogen-bond donors (Lipinski definition) is 0. The largest absolute Gasteiger partial charge is 0.463 e. The average molecular weight is 836 g/mol. The van der Waals surface area contributed by atoms with E-state index in [4.69, 9.17) is 30.3 Å². The van der Waals surface area contributed by atoms with Crippen LogP contribution in [-0.2, 0) is 42.9 Å². The van der Waals surface area contributed by atoms with Crippen LogP contribution in [0.4, 0.5) is 0 Å². The molecule has 0 rings (SSSR count). The summed E-state index contributed by atoms with van der Waals surface area (Å²) in [6, 6.07) is 0. The molecule has 0 aliphatic rings. The van der Waals surface area contributed by atoms with Crippen LogP contribution in [0.1, 0.15) is 234 Å². The molecule has 0 heterocycles. The Morgan fingerprint density at radius 1 is 0.508 bits per heavy atom. The number of esters is 4. The van der Waals surface area contributed by atoms with Gasteiger partial charge in [0.1, 0.15) is 19.8 Å². The normalized spacial score (nSPS) is 13.0. The monoisotopic (exact) mass is 836 g/mol. The number of unbranched alkanes of at least 4 members (excludes halogenated alkanes) is 24. The van der Waals surface area contributed by atoms with Gasteiger partial charge in [-0.05, 0) is 26.7 Å². The van der Waals surface area contributed by atoms with Crippen molar-refractivity contribution in [3.63, 3.8) is 0 Å². The second kappa shape index (κ2) is 38.3. The number of carbonyl (C=O) groups excluding carboxylic acids is 4. The van der Waals surface area contributed by atoms with Gasteiger partial charge in [0, 0.05) is 39.7 Å². The molecule has 0 saturated heterocycles.